The molecular formula is C12H21ClN2S. The number of rotatable bonds is 2. The minimum atomic E-state index is 0. The van der Waals surface area contributed by atoms with Crippen LogP contribution in [0.2, 0.25) is 0 Å². The summed E-state index contributed by atoms with van der Waals surface area (Å²) >= 11 is 1.92. The predicted octanol–water partition coefficient (Wildman–Crippen LogP) is 2.58. The summed E-state index contributed by atoms with van der Waals surface area (Å²) in [6, 6.07) is 2.98. The Morgan fingerprint density at radius 2 is 2.25 bits per heavy atom. The van der Waals surface area contributed by atoms with Crippen molar-refractivity contribution >= 4 is 23.7 Å². The zero-order chi connectivity index (χ0) is 10.8. The van der Waals surface area contributed by atoms with Gasteiger partial charge in [-0.1, -0.05) is 0 Å². The smallest absolute Gasteiger partial charge is 0.0245 e. The molecule has 0 radical (unpaired) electrons. The van der Waals surface area contributed by atoms with Crippen molar-refractivity contribution in [1.82, 2.24) is 10.2 Å². The lowest BCUT2D eigenvalue weighted by Crippen LogP contribution is -2.48. The van der Waals surface area contributed by atoms with Crippen molar-refractivity contribution in [3.63, 3.8) is 0 Å². The Hall–Kier alpha value is -0.0900. The fourth-order valence-corrected chi connectivity index (χ4v) is 3.18. The van der Waals surface area contributed by atoms with Crippen molar-refractivity contribution in [3.8, 4) is 0 Å². The molecule has 0 bridgehead atoms. The summed E-state index contributed by atoms with van der Waals surface area (Å²) < 4.78 is 0. The van der Waals surface area contributed by atoms with Gasteiger partial charge in [0.2, 0.25) is 0 Å². The van der Waals surface area contributed by atoms with Crippen molar-refractivity contribution in [2.45, 2.75) is 33.4 Å². The van der Waals surface area contributed by atoms with Crippen LogP contribution in [0.1, 0.15) is 22.2 Å². The number of hydrogen-bond donors (Lipinski definition) is 1. The Kier molecular flexibility index (Phi) is 5.25. The third-order valence-corrected chi connectivity index (χ3v) is 4.00. The van der Waals surface area contributed by atoms with Crippen molar-refractivity contribution in [2.24, 2.45) is 0 Å². The van der Waals surface area contributed by atoms with Gasteiger partial charge in [-0.25, -0.2) is 0 Å². The molecule has 0 aromatic carbocycles. The van der Waals surface area contributed by atoms with E-state index in [0.717, 1.165) is 13.1 Å². The molecule has 1 fully saturated rings. The summed E-state index contributed by atoms with van der Waals surface area (Å²) in [5, 5.41) is 3.48. The molecule has 1 atom stereocenters. The van der Waals surface area contributed by atoms with Gasteiger partial charge in [-0.05, 0) is 32.4 Å². The van der Waals surface area contributed by atoms with Gasteiger partial charge in [-0.15, -0.1) is 23.7 Å². The van der Waals surface area contributed by atoms with E-state index in [1.807, 2.05) is 11.3 Å². The van der Waals surface area contributed by atoms with Gasteiger partial charge in [0, 0.05) is 42.0 Å². The maximum atomic E-state index is 3.48. The van der Waals surface area contributed by atoms with E-state index in [2.05, 4.69) is 37.1 Å². The average Bonchev–Trinajstić information content (AvgIpc) is 2.45. The van der Waals surface area contributed by atoms with Gasteiger partial charge < -0.3 is 5.32 Å². The largest absolute Gasteiger partial charge is 0.312 e. The molecule has 0 spiro atoms. The Labute approximate surface area is 108 Å². The summed E-state index contributed by atoms with van der Waals surface area (Å²) in [7, 11) is 0. The first-order valence-electron chi connectivity index (χ1n) is 5.67. The number of piperazine rings is 1. The van der Waals surface area contributed by atoms with E-state index in [1.54, 1.807) is 0 Å². The molecule has 1 aliphatic rings. The lowest BCUT2D eigenvalue weighted by atomic mass is 10.2. The SMILES string of the molecule is Cc1cc(CN2CCNC(C)C2)c(C)s1.Cl. The van der Waals surface area contributed by atoms with Crippen LogP contribution in [-0.4, -0.2) is 30.6 Å². The molecule has 4 heteroatoms. The molecule has 1 aromatic rings. The number of nitrogens with one attached hydrogen (secondary N) is 1. The zero-order valence-corrected chi connectivity index (χ0v) is 11.9. The molecule has 1 N–H and O–H groups in total. The first-order chi connectivity index (χ1) is 7.15. The third-order valence-electron chi connectivity index (χ3n) is 2.99. The van der Waals surface area contributed by atoms with Gasteiger partial charge in [-0.3, -0.25) is 4.90 Å². The topological polar surface area (TPSA) is 15.3 Å². The Bertz CT molecular complexity index is 338. The molecule has 92 valence electrons. The first-order valence-corrected chi connectivity index (χ1v) is 6.48. The fraction of sp³-hybridized carbons (Fsp3) is 0.667. The third kappa shape index (κ3) is 3.45. The molecule has 0 aliphatic carbocycles. The summed E-state index contributed by atoms with van der Waals surface area (Å²) in [5.74, 6) is 0. The molecule has 1 aromatic heterocycles. The number of halogens is 1. The minimum absolute atomic E-state index is 0. The van der Waals surface area contributed by atoms with E-state index in [0.29, 0.717) is 6.04 Å². The molecule has 1 aliphatic heterocycles. The van der Waals surface area contributed by atoms with Crippen molar-refractivity contribution in [3.05, 3.63) is 21.4 Å². The standard InChI is InChI=1S/C12H20N2S.ClH/c1-9-7-14(5-4-13-9)8-12-6-10(2)15-11(12)3;/h6,9,13H,4-5,7-8H2,1-3H3;1H. The molecule has 1 unspecified atom stereocenters. The Morgan fingerprint density at radius 1 is 1.50 bits per heavy atom. The molecule has 0 saturated carbocycles. The number of nitrogens with zero attached hydrogens (tertiary/aromatic N) is 1. The van der Waals surface area contributed by atoms with E-state index in [1.165, 1.54) is 28.4 Å². The monoisotopic (exact) mass is 260 g/mol. The highest BCUT2D eigenvalue weighted by molar-refractivity contribution is 7.12. The van der Waals surface area contributed by atoms with Crippen LogP contribution in [0.5, 0.6) is 0 Å². The molecule has 16 heavy (non-hydrogen) atoms. The van der Waals surface area contributed by atoms with Crippen molar-refractivity contribution in [1.29, 1.82) is 0 Å². The second kappa shape index (κ2) is 6.01. The van der Waals surface area contributed by atoms with Crippen molar-refractivity contribution < 1.29 is 0 Å². The van der Waals surface area contributed by atoms with Crippen LogP contribution >= 0.6 is 23.7 Å². The summed E-state index contributed by atoms with van der Waals surface area (Å²) in [6.07, 6.45) is 0. The van der Waals surface area contributed by atoms with E-state index in [4.69, 9.17) is 0 Å². The van der Waals surface area contributed by atoms with Crippen LogP contribution < -0.4 is 5.32 Å². The van der Waals surface area contributed by atoms with Crippen LogP contribution in [0.4, 0.5) is 0 Å². The fourth-order valence-electron chi connectivity index (χ4n) is 2.24. The average molecular weight is 261 g/mol. The lowest BCUT2D eigenvalue weighted by Gasteiger charge is -2.31. The molecule has 2 heterocycles. The summed E-state index contributed by atoms with van der Waals surface area (Å²) in [5.41, 5.74) is 1.52. The zero-order valence-electron chi connectivity index (χ0n) is 10.2. The summed E-state index contributed by atoms with van der Waals surface area (Å²) in [4.78, 5) is 5.47. The van der Waals surface area contributed by atoms with Crippen LogP contribution in [0.25, 0.3) is 0 Å². The van der Waals surface area contributed by atoms with E-state index >= 15 is 0 Å². The molecular weight excluding hydrogens is 240 g/mol. The summed E-state index contributed by atoms with van der Waals surface area (Å²) in [6.45, 7) is 11.3. The van der Waals surface area contributed by atoms with Gasteiger partial charge in [0.1, 0.15) is 0 Å². The van der Waals surface area contributed by atoms with Gasteiger partial charge in [-0.2, -0.15) is 0 Å². The highest BCUT2D eigenvalue weighted by atomic mass is 35.5. The van der Waals surface area contributed by atoms with Gasteiger partial charge in [0.05, 0.1) is 0 Å². The van der Waals surface area contributed by atoms with E-state index < -0.39 is 0 Å². The number of thiophene rings is 1. The lowest BCUT2D eigenvalue weighted by molar-refractivity contribution is 0.199. The quantitative estimate of drug-likeness (QED) is 0.879. The number of aryl methyl sites for hydroxylation is 2. The second-order valence-corrected chi connectivity index (χ2v) is 5.99. The Morgan fingerprint density at radius 3 is 2.81 bits per heavy atom. The highest BCUT2D eigenvalue weighted by Crippen LogP contribution is 2.22. The maximum absolute atomic E-state index is 3.48. The van der Waals surface area contributed by atoms with Crippen LogP contribution in [-0.2, 0) is 6.54 Å². The Balaban J connectivity index is 0.00000128. The predicted molar refractivity (Wildman–Crippen MR) is 73.8 cm³/mol. The van der Waals surface area contributed by atoms with Crippen LogP contribution in [0.15, 0.2) is 6.07 Å². The van der Waals surface area contributed by atoms with Crippen LogP contribution in [0.3, 0.4) is 0 Å². The molecule has 2 nitrogen and oxygen atoms in total. The molecule has 2 rings (SSSR count). The first kappa shape index (κ1) is 14.0. The van der Waals surface area contributed by atoms with Gasteiger partial charge >= 0.3 is 0 Å². The van der Waals surface area contributed by atoms with Crippen LogP contribution in [0, 0.1) is 13.8 Å². The van der Waals surface area contributed by atoms with Crippen molar-refractivity contribution in [2.75, 3.05) is 19.6 Å². The normalized spacial score (nSPS) is 21.8. The van der Waals surface area contributed by atoms with Gasteiger partial charge in [0.25, 0.3) is 0 Å². The van der Waals surface area contributed by atoms with E-state index in [9.17, 15) is 0 Å². The maximum Gasteiger partial charge on any atom is 0.0245 e. The highest BCUT2D eigenvalue weighted by Gasteiger charge is 2.16. The molecule has 1 saturated heterocycles. The second-order valence-electron chi connectivity index (χ2n) is 4.53. The van der Waals surface area contributed by atoms with E-state index in [-0.39, 0.29) is 12.4 Å². The minimum Gasteiger partial charge on any atom is -0.312 e. The van der Waals surface area contributed by atoms with Gasteiger partial charge in [0.15, 0.2) is 0 Å². The number of hydrogen-bond acceptors (Lipinski definition) is 3. The molecule has 0 amide bonds.